The number of rotatable bonds is 4. The second-order valence-electron chi connectivity index (χ2n) is 6.05. The van der Waals surface area contributed by atoms with Crippen LogP contribution in [0.4, 0.5) is 0 Å². The number of fused-ring (bicyclic) bond motifs is 1. The topological polar surface area (TPSA) is 25.0 Å². The Morgan fingerprint density at radius 2 is 1.60 bits per heavy atom. The van der Waals surface area contributed by atoms with E-state index in [1.165, 1.54) is 22.1 Å². The van der Waals surface area contributed by atoms with Crippen molar-refractivity contribution in [1.82, 2.24) is 4.98 Å². The molecule has 1 N–H and O–H groups in total. The fourth-order valence-corrected chi connectivity index (χ4v) is 3.71. The van der Waals surface area contributed by atoms with Gasteiger partial charge < -0.3 is 9.72 Å². The Bertz CT molecular complexity index is 990. The highest BCUT2D eigenvalue weighted by Gasteiger charge is 2.20. The van der Waals surface area contributed by atoms with Crippen LogP contribution in [0.2, 0.25) is 0 Å². The van der Waals surface area contributed by atoms with Gasteiger partial charge in [0, 0.05) is 27.5 Å². The van der Waals surface area contributed by atoms with Crippen LogP contribution in [0, 0.1) is 0 Å². The first kappa shape index (κ1) is 16.0. The summed E-state index contributed by atoms with van der Waals surface area (Å²) in [5.74, 6) is 1.03. The fourth-order valence-electron chi connectivity index (χ4n) is 3.35. The van der Waals surface area contributed by atoms with Crippen LogP contribution in [0.5, 0.6) is 5.75 Å². The highest BCUT2D eigenvalue weighted by atomic mass is 79.9. The normalized spacial score (nSPS) is 12.2. The van der Waals surface area contributed by atoms with Gasteiger partial charge >= 0.3 is 0 Å². The lowest BCUT2D eigenvalue weighted by Crippen LogP contribution is -2.02. The summed E-state index contributed by atoms with van der Waals surface area (Å²) < 4.78 is 6.40. The number of hydrogen-bond acceptors (Lipinski definition) is 1. The quantitative estimate of drug-likeness (QED) is 0.445. The van der Waals surface area contributed by atoms with Gasteiger partial charge in [0.1, 0.15) is 5.75 Å². The van der Waals surface area contributed by atoms with E-state index in [4.69, 9.17) is 4.74 Å². The Kier molecular flexibility index (Phi) is 4.33. The van der Waals surface area contributed by atoms with Gasteiger partial charge in [0.15, 0.2) is 0 Å². The number of aromatic nitrogens is 1. The maximum absolute atomic E-state index is 5.32. The van der Waals surface area contributed by atoms with E-state index in [1.807, 2.05) is 12.1 Å². The predicted molar refractivity (Wildman–Crippen MR) is 106 cm³/mol. The third-order valence-corrected chi connectivity index (χ3v) is 5.06. The summed E-state index contributed by atoms with van der Waals surface area (Å²) in [6.45, 7) is 0. The van der Waals surface area contributed by atoms with E-state index in [0.717, 1.165) is 15.7 Å². The Morgan fingerprint density at radius 3 is 2.32 bits per heavy atom. The van der Waals surface area contributed by atoms with Crippen LogP contribution in [-0.4, -0.2) is 12.1 Å². The number of hydrogen-bond donors (Lipinski definition) is 1. The first-order valence-electron chi connectivity index (χ1n) is 8.21. The van der Waals surface area contributed by atoms with Crippen LogP contribution in [0.1, 0.15) is 22.6 Å². The summed E-state index contributed by atoms with van der Waals surface area (Å²) in [5, 5.41) is 1.24. The van der Waals surface area contributed by atoms with E-state index >= 15 is 0 Å². The third-order valence-electron chi connectivity index (χ3n) is 4.57. The van der Waals surface area contributed by atoms with E-state index in [-0.39, 0.29) is 5.92 Å². The molecular formula is C22H18BrNO. The van der Waals surface area contributed by atoms with Gasteiger partial charge in [-0.1, -0.05) is 58.4 Å². The number of nitrogens with one attached hydrogen (secondary N) is 1. The number of aromatic amines is 1. The fraction of sp³-hybridized carbons (Fsp3) is 0.0909. The zero-order valence-electron chi connectivity index (χ0n) is 13.9. The van der Waals surface area contributed by atoms with Crippen molar-refractivity contribution in [3.05, 3.63) is 100 Å². The minimum atomic E-state index is 0.162. The molecule has 0 amide bonds. The predicted octanol–water partition coefficient (Wildman–Crippen LogP) is 6.12. The number of H-pyrrole nitrogens is 1. The van der Waals surface area contributed by atoms with Gasteiger partial charge in [-0.2, -0.15) is 0 Å². The SMILES string of the molecule is COc1ccc(C(c2ccccc2)c2c[nH]c3ccc(Br)cc23)cc1. The van der Waals surface area contributed by atoms with E-state index in [0.29, 0.717) is 0 Å². The molecule has 0 fully saturated rings. The van der Waals surface area contributed by atoms with Crippen molar-refractivity contribution in [2.75, 3.05) is 7.11 Å². The summed E-state index contributed by atoms with van der Waals surface area (Å²) in [6.07, 6.45) is 2.12. The molecule has 0 radical (unpaired) electrons. The Hall–Kier alpha value is -2.52. The molecule has 124 valence electrons. The van der Waals surface area contributed by atoms with Gasteiger partial charge in [-0.25, -0.2) is 0 Å². The lowest BCUT2D eigenvalue weighted by atomic mass is 9.85. The second kappa shape index (κ2) is 6.77. The van der Waals surface area contributed by atoms with Crippen molar-refractivity contribution in [3.8, 4) is 5.75 Å². The van der Waals surface area contributed by atoms with E-state index in [2.05, 4.69) is 87.8 Å². The molecule has 25 heavy (non-hydrogen) atoms. The molecule has 4 rings (SSSR count). The number of methoxy groups -OCH3 is 1. The first-order chi connectivity index (χ1) is 12.3. The largest absolute Gasteiger partial charge is 0.497 e. The molecule has 0 aliphatic rings. The Labute approximate surface area is 155 Å². The molecule has 3 aromatic carbocycles. The first-order valence-corrected chi connectivity index (χ1v) is 9.01. The molecule has 0 aliphatic carbocycles. The van der Waals surface area contributed by atoms with Crippen molar-refractivity contribution in [2.45, 2.75) is 5.92 Å². The second-order valence-corrected chi connectivity index (χ2v) is 6.97. The summed E-state index contributed by atoms with van der Waals surface area (Å²) in [5.41, 5.74) is 4.93. The molecule has 0 bridgehead atoms. The molecule has 0 spiro atoms. The van der Waals surface area contributed by atoms with Crippen molar-refractivity contribution >= 4 is 26.8 Å². The van der Waals surface area contributed by atoms with Gasteiger partial charge in [0.25, 0.3) is 0 Å². The molecule has 1 heterocycles. The zero-order valence-corrected chi connectivity index (χ0v) is 15.5. The minimum Gasteiger partial charge on any atom is -0.497 e. The zero-order chi connectivity index (χ0) is 17.2. The van der Waals surface area contributed by atoms with Crippen molar-refractivity contribution in [3.63, 3.8) is 0 Å². The number of benzene rings is 3. The highest BCUT2D eigenvalue weighted by Crippen LogP contribution is 2.37. The van der Waals surface area contributed by atoms with Crippen LogP contribution in [-0.2, 0) is 0 Å². The third kappa shape index (κ3) is 3.08. The number of halogens is 1. The van der Waals surface area contributed by atoms with Crippen LogP contribution in [0.25, 0.3) is 10.9 Å². The molecule has 0 saturated heterocycles. The Balaban J connectivity index is 1.91. The van der Waals surface area contributed by atoms with Crippen LogP contribution < -0.4 is 4.74 Å². The lowest BCUT2D eigenvalue weighted by Gasteiger charge is -2.18. The van der Waals surface area contributed by atoms with Crippen LogP contribution in [0.3, 0.4) is 0 Å². The van der Waals surface area contributed by atoms with Gasteiger partial charge in [0.05, 0.1) is 7.11 Å². The number of ether oxygens (including phenoxy) is 1. The maximum atomic E-state index is 5.32. The van der Waals surface area contributed by atoms with Crippen molar-refractivity contribution < 1.29 is 4.74 Å². The molecule has 0 saturated carbocycles. The Morgan fingerprint density at radius 1 is 0.880 bits per heavy atom. The van der Waals surface area contributed by atoms with E-state index in [1.54, 1.807) is 7.11 Å². The molecule has 1 atom stereocenters. The average Bonchev–Trinajstić information content (AvgIpc) is 3.06. The molecule has 1 aromatic heterocycles. The van der Waals surface area contributed by atoms with Crippen LogP contribution in [0.15, 0.2) is 83.5 Å². The van der Waals surface area contributed by atoms with Gasteiger partial charge in [-0.15, -0.1) is 0 Å². The molecule has 3 heteroatoms. The summed E-state index contributed by atoms with van der Waals surface area (Å²) in [7, 11) is 1.70. The standard InChI is InChI=1S/C22H18BrNO/c1-25-18-10-7-16(8-11-18)22(15-5-3-2-4-6-15)20-14-24-21-12-9-17(23)13-19(20)21/h2-14,22,24H,1H3. The van der Waals surface area contributed by atoms with E-state index < -0.39 is 0 Å². The van der Waals surface area contributed by atoms with E-state index in [9.17, 15) is 0 Å². The van der Waals surface area contributed by atoms with Gasteiger partial charge in [-0.05, 0) is 47.0 Å². The molecular weight excluding hydrogens is 374 g/mol. The van der Waals surface area contributed by atoms with Crippen molar-refractivity contribution in [1.29, 1.82) is 0 Å². The summed E-state index contributed by atoms with van der Waals surface area (Å²) in [6, 6.07) is 25.3. The van der Waals surface area contributed by atoms with Gasteiger partial charge in [-0.3, -0.25) is 0 Å². The molecule has 1 unspecified atom stereocenters. The summed E-state index contributed by atoms with van der Waals surface area (Å²) >= 11 is 3.60. The molecule has 2 nitrogen and oxygen atoms in total. The maximum Gasteiger partial charge on any atom is 0.118 e. The molecule has 4 aromatic rings. The minimum absolute atomic E-state index is 0.162. The smallest absolute Gasteiger partial charge is 0.118 e. The summed E-state index contributed by atoms with van der Waals surface area (Å²) in [4.78, 5) is 3.41. The highest BCUT2D eigenvalue weighted by molar-refractivity contribution is 9.10. The molecule has 0 aliphatic heterocycles. The van der Waals surface area contributed by atoms with Crippen LogP contribution >= 0.6 is 15.9 Å². The lowest BCUT2D eigenvalue weighted by molar-refractivity contribution is 0.414. The van der Waals surface area contributed by atoms with Gasteiger partial charge in [0.2, 0.25) is 0 Å². The monoisotopic (exact) mass is 391 g/mol. The average molecular weight is 392 g/mol. The van der Waals surface area contributed by atoms with Crippen molar-refractivity contribution in [2.24, 2.45) is 0 Å².